The van der Waals surface area contributed by atoms with Crippen LogP contribution in [0.1, 0.15) is 22.7 Å². The quantitative estimate of drug-likeness (QED) is 0.678. The molecule has 0 saturated heterocycles. The summed E-state index contributed by atoms with van der Waals surface area (Å²) in [4.78, 5) is 15.5. The van der Waals surface area contributed by atoms with Gasteiger partial charge in [0.05, 0.1) is 19.1 Å². The fourth-order valence-corrected chi connectivity index (χ4v) is 2.78. The van der Waals surface area contributed by atoms with Crippen LogP contribution in [0.3, 0.4) is 0 Å². The molecule has 2 aromatic carbocycles. The molecule has 4 nitrogen and oxygen atoms in total. The van der Waals surface area contributed by atoms with E-state index in [1.165, 1.54) is 5.56 Å². The van der Waals surface area contributed by atoms with Crippen molar-refractivity contribution in [3.8, 4) is 0 Å². The van der Waals surface area contributed by atoms with Gasteiger partial charge in [0.2, 0.25) is 5.91 Å². The molecule has 0 spiro atoms. The molecule has 0 radical (unpaired) electrons. The molecule has 0 aliphatic carbocycles. The van der Waals surface area contributed by atoms with Crippen LogP contribution in [0, 0.1) is 6.92 Å². The van der Waals surface area contributed by atoms with E-state index in [0.29, 0.717) is 0 Å². The standard InChI is InChI=1S/C19H20N2O2/c1-13-7-8-16-15(11-20-17(16)9-13)10-19(23)21-18(12-22)14-5-3-2-4-6-14/h2-9,11,18,20,22H,10,12H2,1H3,(H,21,23). The summed E-state index contributed by atoms with van der Waals surface area (Å²) in [5.74, 6) is -0.102. The lowest BCUT2D eigenvalue weighted by Gasteiger charge is -2.16. The smallest absolute Gasteiger partial charge is 0.225 e. The number of amides is 1. The summed E-state index contributed by atoms with van der Waals surface area (Å²) in [5, 5.41) is 13.5. The average molecular weight is 308 g/mol. The van der Waals surface area contributed by atoms with Crippen molar-refractivity contribution in [2.45, 2.75) is 19.4 Å². The van der Waals surface area contributed by atoms with E-state index >= 15 is 0 Å². The van der Waals surface area contributed by atoms with Gasteiger partial charge in [-0.05, 0) is 29.7 Å². The Labute approximate surface area is 135 Å². The number of aryl methyl sites for hydroxylation is 1. The fourth-order valence-electron chi connectivity index (χ4n) is 2.78. The molecule has 0 aliphatic rings. The molecule has 1 atom stereocenters. The van der Waals surface area contributed by atoms with Gasteiger partial charge in [-0.15, -0.1) is 0 Å². The van der Waals surface area contributed by atoms with E-state index in [0.717, 1.165) is 22.0 Å². The van der Waals surface area contributed by atoms with Gasteiger partial charge in [0.1, 0.15) is 0 Å². The summed E-state index contributed by atoms with van der Waals surface area (Å²) in [5.41, 5.74) is 4.08. The lowest BCUT2D eigenvalue weighted by atomic mass is 10.1. The number of aliphatic hydroxyl groups excluding tert-OH is 1. The van der Waals surface area contributed by atoms with Crippen LogP contribution in [0.25, 0.3) is 10.9 Å². The van der Waals surface area contributed by atoms with Crippen molar-refractivity contribution in [3.05, 3.63) is 71.4 Å². The third kappa shape index (κ3) is 3.43. The van der Waals surface area contributed by atoms with Crippen LogP contribution < -0.4 is 5.32 Å². The van der Waals surface area contributed by atoms with Gasteiger partial charge in [-0.1, -0.05) is 42.5 Å². The maximum Gasteiger partial charge on any atom is 0.225 e. The Morgan fingerprint density at radius 1 is 1.22 bits per heavy atom. The zero-order valence-corrected chi connectivity index (χ0v) is 13.0. The van der Waals surface area contributed by atoms with Crippen LogP contribution in [0.15, 0.2) is 54.7 Å². The molecule has 1 heterocycles. The Morgan fingerprint density at radius 3 is 2.74 bits per heavy atom. The van der Waals surface area contributed by atoms with E-state index in [1.54, 1.807) is 0 Å². The predicted molar refractivity (Wildman–Crippen MR) is 91.2 cm³/mol. The van der Waals surface area contributed by atoms with Gasteiger partial charge in [-0.3, -0.25) is 4.79 Å². The molecular formula is C19H20N2O2. The number of hydrogen-bond donors (Lipinski definition) is 3. The zero-order chi connectivity index (χ0) is 16.2. The average Bonchev–Trinajstić information content (AvgIpc) is 2.95. The number of carbonyl (C=O) groups excluding carboxylic acids is 1. The second-order valence-electron chi connectivity index (χ2n) is 5.75. The normalized spacial score (nSPS) is 12.3. The maximum absolute atomic E-state index is 12.3. The van der Waals surface area contributed by atoms with E-state index in [9.17, 15) is 9.90 Å². The van der Waals surface area contributed by atoms with Crippen LogP contribution in [0.5, 0.6) is 0 Å². The molecule has 0 fully saturated rings. The molecule has 0 aliphatic heterocycles. The number of H-pyrrole nitrogens is 1. The number of rotatable bonds is 5. The molecule has 1 amide bonds. The van der Waals surface area contributed by atoms with Crippen LogP contribution in [0.2, 0.25) is 0 Å². The first-order valence-electron chi connectivity index (χ1n) is 7.69. The van der Waals surface area contributed by atoms with E-state index in [2.05, 4.69) is 16.4 Å². The topological polar surface area (TPSA) is 65.1 Å². The molecule has 3 N–H and O–H groups in total. The summed E-state index contributed by atoms with van der Waals surface area (Å²) in [6.07, 6.45) is 2.16. The molecular weight excluding hydrogens is 288 g/mol. The molecule has 0 saturated carbocycles. The summed E-state index contributed by atoms with van der Waals surface area (Å²) in [6, 6.07) is 15.3. The number of hydrogen-bond acceptors (Lipinski definition) is 2. The number of aromatic amines is 1. The van der Waals surface area contributed by atoms with Gasteiger partial charge in [0, 0.05) is 17.1 Å². The number of aromatic nitrogens is 1. The summed E-state index contributed by atoms with van der Waals surface area (Å²) in [7, 11) is 0. The molecule has 3 rings (SSSR count). The van der Waals surface area contributed by atoms with Crippen molar-refractivity contribution < 1.29 is 9.90 Å². The fraction of sp³-hybridized carbons (Fsp3) is 0.211. The summed E-state index contributed by atoms with van der Waals surface area (Å²) in [6.45, 7) is 1.92. The van der Waals surface area contributed by atoms with Gasteiger partial charge < -0.3 is 15.4 Å². The van der Waals surface area contributed by atoms with E-state index < -0.39 is 0 Å². The van der Waals surface area contributed by atoms with Gasteiger partial charge in [-0.2, -0.15) is 0 Å². The van der Waals surface area contributed by atoms with Crippen molar-refractivity contribution in [2.75, 3.05) is 6.61 Å². The van der Waals surface area contributed by atoms with Crippen LogP contribution in [-0.2, 0) is 11.2 Å². The zero-order valence-electron chi connectivity index (χ0n) is 13.0. The highest BCUT2D eigenvalue weighted by Gasteiger charge is 2.15. The SMILES string of the molecule is Cc1ccc2c(CC(=O)NC(CO)c3ccccc3)c[nH]c2c1. The lowest BCUT2D eigenvalue weighted by Crippen LogP contribution is -2.31. The summed E-state index contributed by atoms with van der Waals surface area (Å²) >= 11 is 0. The maximum atomic E-state index is 12.3. The van der Waals surface area contributed by atoms with Crippen LogP contribution >= 0.6 is 0 Å². The minimum absolute atomic E-state index is 0.102. The number of fused-ring (bicyclic) bond motifs is 1. The number of nitrogens with one attached hydrogen (secondary N) is 2. The highest BCUT2D eigenvalue weighted by Crippen LogP contribution is 2.20. The Bertz CT molecular complexity index is 809. The van der Waals surface area contributed by atoms with Crippen LogP contribution in [-0.4, -0.2) is 22.6 Å². The molecule has 1 unspecified atom stereocenters. The van der Waals surface area contributed by atoms with Crippen molar-refractivity contribution >= 4 is 16.8 Å². The Kier molecular flexibility index (Phi) is 4.44. The van der Waals surface area contributed by atoms with Crippen molar-refractivity contribution in [2.24, 2.45) is 0 Å². The molecule has 118 valence electrons. The number of benzene rings is 2. The van der Waals surface area contributed by atoms with Crippen LogP contribution in [0.4, 0.5) is 0 Å². The predicted octanol–water partition coefficient (Wildman–Crippen LogP) is 2.87. The highest BCUT2D eigenvalue weighted by molar-refractivity contribution is 5.89. The molecule has 3 aromatic rings. The number of aliphatic hydroxyl groups is 1. The van der Waals surface area contributed by atoms with E-state index in [4.69, 9.17) is 0 Å². The Balaban J connectivity index is 1.73. The Hall–Kier alpha value is -2.59. The van der Waals surface area contributed by atoms with Crippen molar-refractivity contribution in [1.29, 1.82) is 0 Å². The molecule has 23 heavy (non-hydrogen) atoms. The first-order chi connectivity index (χ1) is 11.2. The monoisotopic (exact) mass is 308 g/mol. The van der Waals surface area contributed by atoms with Crippen molar-refractivity contribution in [3.63, 3.8) is 0 Å². The minimum Gasteiger partial charge on any atom is -0.394 e. The highest BCUT2D eigenvalue weighted by atomic mass is 16.3. The lowest BCUT2D eigenvalue weighted by molar-refractivity contribution is -0.121. The van der Waals surface area contributed by atoms with Gasteiger partial charge in [0.15, 0.2) is 0 Å². The number of carbonyl (C=O) groups is 1. The van der Waals surface area contributed by atoms with Gasteiger partial charge in [-0.25, -0.2) is 0 Å². The van der Waals surface area contributed by atoms with E-state index in [1.807, 2.05) is 55.6 Å². The van der Waals surface area contributed by atoms with Crippen molar-refractivity contribution in [1.82, 2.24) is 10.3 Å². The molecule has 4 heteroatoms. The second kappa shape index (κ2) is 6.67. The Morgan fingerprint density at radius 2 is 2.00 bits per heavy atom. The first-order valence-corrected chi connectivity index (χ1v) is 7.69. The largest absolute Gasteiger partial charge is 0.394 e. The third-order valence-electron chi connectivity index (χ3n) is 3.99. The van der Waals surface area contributed by atoms with E-state index in [-0.39, 0.29) is 25.0 Å². The first kappa shape index (κ1) is 15.3. The third-order valence-corrected chi connectivity index (χ3v) is 3.99. The summed E-state index contributed by atoms with van der Waals surface area (Å²) < 4.78 is 0. The van der Waals surface area contributed by atoms with Gasteiger partial charge >= 0.3 is 0 Å². The molecule has 0 bridgehead atoms. The van der Waals surface area contributed by atoms with Gasteiger partial charge in [0.25, 0.3) is 0 Å². The minimum atomic E-state index is -0.379. The second-order valence-corrected chi connectivity index (χ2v) is 5.75. The molecule has 1 aromatic heterocycles.